The zero-order valence-electron chi connectivity index (χ0n) is 13.0. The fourth-order valence-corrected chi connectivity index (χ4v) is 2.49. The molecule has 5 heteroatoms. The molecule has 114 valence electrons. The number of nitrogens with zero attached hydrogens (tertiary/aromatic N) is 3. The topological polar surface area (TPSA) is 42.7 Å². The molecule has 4 nitrogen and oxygen atoms in total. The number of anilines is 1. The van der Waals surface area contributed by atoms with Gasteiger partial charge in [-0.3, -0.25) is 4.68 Å². The van der Waals surface area contributed by atoms with E-state index in [4.69, 9.17) is 11.6 Å². The summed E-state index contributed by atoms with van der Waals surface area (Å²) in [4.78, 5) is 4.67. The second kappa shape index (κ2) is 5.97. The second-order valence-electron chi connectivity index (χ2n) is 5.56. The molecular formula is C17H19ClN4. The van der Waals surface area contributed by atoms with Crippen molar-refractivity contribution in [2.24, 2.45) is 7.05 Å². The van der Waals surface area contributed by atoms with Crippen molar-refractivity contribution in [3.8, 4) is 11.3 Å². The van der Waals surface area contributed by atoms with Crippen LogP contribution in [0.25, 0.3) is 22.3 Å². The van der Waals surface area contributed by atoms with Gasteiger partial charge >= 0.3 is 0 Å². The van der Waals surface area contributed by atoms with E-state index in [0.29, 0.717) is 6.04 Å². The highest BCUT2D eigenvalue weighted by molar-refractivity contribution is 6.30. The fraction of sp³-hybridized carbons (Fsp3) is 0.294. The van der Waals surface area contributed by atoms with E-state index in [1.807, 2.05) is 37.5 Å². The van der Waals surface area contributed by atoms with Gasteiger partial charge in [0.15, 0.2) is 5.65 Å². The van der Waals surface area contributed by atoms with Gasteiger partial charge in [-0.05, 0) is 31.5 Å². The van der Waals surface area contributed by atoms with Crippen LogP contribution in [0.2, 0.25) is 5.02 Å². The third-order valence-electron chi connectivity index (χ3n) is 3.76. The predicted octanol–water partition coefficient (Wildman–Crippen LogP) is 4.50. The lowest BCUT2D eigenvalue weighted by Crippen LogP contribution is -2.13. The van der Waals surface area contributed by atoms with E-state index in [1.165, 1.54) is 0 Å². The van der Waals surface area contributed by atoms with E-state index in [2.05, 4.69) is 35.3 Å². The van der Waals surface area contributed by atoms with Crippen molar-refractivity contribution >= 4 is 28.3 Å². The number of pyridine rings is 1. The molecule has 1 unspecified atom stereocenters. The van der Waals surface area contributed by atoms with Gasteiger partial charge in [0.05, 0.1) is 11.1 Å². The van der Waals surface area contributed by atoms with Crippen LogP contribution in [-0.4, -0.2) is 20.8 Å². The maximum absolute atomic E-state index is 5.97. The average molecular weight is 315 g/mol. The van der Waals surface area contributed by atoms with Crippen LogP contribution in [0.5, 0.6) is 0 Å². The van der Waals surface area contributed by atoms with Crippen molar-refractivity contribution in [1.29, 1.82) is 0 Å². The molecule has 3 aromatic rings. The van der Waals surface area contributed by atoms with E-state index >= 15 is 0 Å². The van der Waals surface area contributed by atoms with Crippen molar-refractivity contribution in [3.05, 3.63) is 41.6 Å². The van der Waals surface area contributed by atoms with Crippen LogP contribution < -0.4 is 5.32 Å². The summed E-state index contributed by atoms with van der Waals surface area (Å²) in [6, 6.07) is 10.2. The quantitative estimate of drug-likeness (QED) is 0.771. The lowest BCUT2D eigenvalue weighted by Gasteiger charge is -2.14. The van der Waals surface area contributed by atoms with E-state index in [0.717, 1.165) is 39.4 Å². The fourth-order valence-electron chi connectivity index (χ4n) is 2.37. The number of rotatable bonds is 4. The van der Waals surface area contributed by atoms with Gasteiger partial charge in [0.2, 0.25) is 0 Å². The van der Waals surface area contributed by atoms with Crippen LogP contribution in [0.15, 0.2) is 36.5 Å². The van der Waals surface area contributed by atoms with Crippen molar-refractivity contribution in [2.45, 2.75) is 26.3 Å². The third kappa shape index (κ3) is 2.92. The SMILES string of the molecule is CCC(C)Nc1cc(-c2ccc(Cl)cc2)nc2nn(C)cc12. The number of aryl methyl sites for hydroxylation is 1. The summed E-state index contributed by atoms with van der Waals surface area (Å²) in [5.74, 6) is 0. The molecule has 1 N–H and O–H groups in total. The molecule has 0 aliphatic carbocycles. The average Bonchev–Trinajstić information content (AvgIpc) is 2.88. The molecule has 1 aromatic carbocycles. The lowest BCUT2D eigenvalue weighted by molar-refractivity contribution is 0.765. The Hall–Kier alpha value is -2.07. The smallest absolute Gasteiger partial charge is 0.183 e. The van der Waals surface area contributed by atoms with Crippen LogP contribution in [-0.2, 0) is 7.05 Å². The van der Waals surface area contributed by atoms with Crippen LogP contribution in [0.4, 0.5) is 5.69 Å². The van der Waals surface area contributed by atoms with Gasteiger partial charge in [0.1, 0.15) is 0 Å². The van der Waals surface area contributed by atoms with Gasteiger partial charge in [0, 0.05) is 35.6 Å². The Bertz CT molecular complexity index is 792. The Kier molecular flexibility index (Phi) is 4.03. The first-order valence-corrected chi connectivity index (χ1v) is 7.81. The molecule has 0 aliphatic rings. The molecular weight excluding hydrogens is 296 g/mol. The summed E-state index contributed by atoms with van der Waals surface area (Å²) < 4.78 is 1.80. The molecule has 0 fully saturated rings. The molecule has 0 amide bonds. The zero-order valence-corrected chi connectivity index (χ0v) is 13.7. The third-order valence-corrected chi connectivity index (χ3v) is 4.01. The monoisotopic (exact) mass is 314 g/mol. The highest BCUT2D eigenvalue weighted by atomic mass is 35.5. The van der Waals surface area contributed by atoms with Crippen molar-refractivity contribution in [2.75, 3.05) is 5.32 Å². The van der Waals surface area contributed by atoms with E-state index in [1.54, 1.807) is 4.68 Å². The summed E-state index contributed by atoms with van der Waals surface area (Å²) in [7, 11) is 1.91. The molecule has 0 aliphatic heterocycles. The molecule has 0 radical (unpaired) electrons. The molecule has 0 saturated heterocycles. The molecule has 0 saturated carbocycles. The standard InChI is InChI=1S/C17H19ClN4/c1-4-11(2)19-16-9-15(12-5-7-13(18)8-6-12)20-17-14(16)10-22(3)21-17/h5-11,19H,4H2,1-3H3. The minimum atomic E-state index is 0.392. The van der Waals surface area contributed by atoms with Crippen LogP contribution in [0.3, 0.4) is 0 Å². The molecule has 1 atom stereocenters. The number of aromatic nitrogens is 3. The maximum Gasteiger partial charge on any atom is 0.183 e. The summed E-state index contributed by atoms with van der Waals surface area (Å²) >= 11 is 5.97. The number of nitrogens with one attached hydrogen (secondary N) is 1. The zero-order chi connectivity index (χ0) is 15.7. The maximum atomic E-state index is 5.97. The number of benzene rings is 1. The number of halogens is 1. The molecule has 3 rings (SSSR count). The Morgan fingerprint density at radius 1 is 1.27 bits per heavy atom. The molecule has 2 heterocycles. The minimum absolute atomic E-state index is 0.392. The van der Waals surface area contributed by atoms with Crippen LogP contribution >= 0.6 is 11.6 Å². The molecule has 0 bridgehead atoms. The van der Waals surface area contributed by atoms with Gasteiger partial charge in [0.25, 0.3) is 0 Å². The predicted molar refractivity (Wildman–Crippen MR) is 92.3 cm³/mol. The second-order valence-corrected chi connectivity index (χ2v) is 5.99. The van der Waals surface area contributed by atoms with Gasteiger partial charge < -0.3 is 5.32 Å². The normalized spacial score (nSPS) is 12.5. The summed E-state index contributed by atoms with van der Waals surface area (Å²) in [5, 5.41) is 9.77. The molecule has 0 spiro atoms. The number of hydrogen-bond donors (Lipinski definition) is 1. The first-order valence-electron chi connectivity index (χ1n) is 7.43. The highest BCUT2D eigenvalue weighted by Crippen LogP contribution is 2.29. The van der Waals surface area contributed by atoms with Crippen LogP contribution in [0.1, 0.15) is 20.3 Å². The van der Waals surface area contributed by atoms with Gasteiger partial charge in [-0.1, -0.05) is 30.7 Å². The largest absolute Gasteiger partial charge is 0.382 e. The number of hydrogen-bond acceptors (Lipinski definition) is 3. The van der Waals surface area contributed by atoms with Crippen molar-refractivity contribution in [3.63, 3.8) is 0 Å². The Morgan fingerprint density at radius 2 is 2.00 bits per heavy atom. The van der Waals surface area contributed by atoms with E-state index < -0.39 is 0 Å². The van der Waals surface area contributed by atoms with Gasteiger partial charge in [-0.15, -0.1) is 0 Å². The van der Waals surface area contributed by atoms with Gasteiger partial charge in [-0.2, -0.15) is 5.10 Å². The van der Waals surface area contributed by atoms with E-state index in [-0.39, 0.29) is 0 Å². The van der Waals surface area contributed by atoms with Gasteiger partial charge in [-0.25, -0.2) is 4.98 Å². The first-order chi connectivity index (χ1) is 10.6. The summed E-state index contributed by atoms with van der Waals surface area (Å²) in [6.45, 7) is 4.34. The van der Waals surface area contributed by atoms with Crippen molar-refractivity contribution < 1.29 is 0 Å². The summed E-state index contributed by atoms with van der Waals surface area (Å²) in [5.41, 5.74) is 3.75. The number of fused-ring (bicyclic) bond motifs is 1. The lowest BCUT2D eigenvalue weighted by atomic mass is 10.1. The highest BCUT2D eigenvalue weighted by Gasteiger charge is 2.12. The van der Waals surface area contributed by atoms with Crippen molar-refractivity contribution in [1.82, 2.24) is 14.8 Å². The Labute approximate surface area is 135 Å². The minimum Gasteiger partial charge on any atom is -0.382 e. The Morgan fingerprint density at radius 3 is 2.68 bits per heavy atom. The summed E-state index contributed by atoms with van der Waals surface area (Å²) in [6.07, 6.45) is 3.05. The molecule has 22 heavy (non-hydrogen) atoms. The van der Waals surface area contributed by atoms with E-state index in [9.17, 15) is 0 Å². The first kappa shape index (κ1) is 14.9. The Balaban J connectivity index is 2.13. The molecule has 2 aromatic heterocycles. The van der Waals surface area contributed by atoms with Crippen LogP contribution in [0, 0.1) is 0 Å².